The van der Waals surface area contributed by atoms with Gasteiger partial charge in [-0.1, -0.05) is 0 Å². The lowest BCUT2D eigenvalue weighted by molar-refractivity contribution is 0.0579. The number of piperidine rings is 1. The number of hydrogen-bond donors (Lipinski definition) is 0. The smallest absolute Gasteiger partial charge is 0.337 e. The maximum absolute atomic E-state index is 12.6. The molecule has 2 aromatic rings. The fourth-order valence-electron chi connectivity index (χ4n) is 2.74. The summed E-state index contributed by atoms with van der Waals surface area (Å²) in [7, 11) is 1.33. The number of ether oxygens (including phenoxy) is 2. The number of esters is 1. The molecule has 0 spiro atoms. The maximum atomic E-state index is 12.6. The molecule has 130 valence electrons. The number of benzene rings is 1. The standard InChI is InChI=1S/C18H19N3O4/c1-24-18(23)14-4-2-13(3-5-14)17(22)21-10-6-15(7-11-21)25-16-12-19-8-9-20-16/h2-5,8-9,12,15H,6-7,10-11H2,1H3. The van der Waals surface area contributed by atoms with Gasteiger partial charge in [0.05, 0.1) is 18.9 Å². The molecule has 0 unspecified atom stereocenters. The number of rotatable bonds is 4. The molecule has 0 radical (unpaired) electrons. The van der Waals surface area contributed by atoms with Crippen LogP contribution in [0.4, 0.5) is 0 Å². The molecule has 25 heavy (non-hydrogen) atoms. The lowest BCUT2D eigenvalue weighted by Crippen LogP contribution is -2.41. The highest BCUT2D eigenvalue weighted by Crippen LogP contribution is 2.18. The van der Waals surface area contributed by atoms with Gasteiger partial charge in [0.2, 0.25) is 5.88 Å². The van der Waals surface area contributed by atoms with Gasteiger partial charge in [0.25, 0.3) is 5.91 Å². The summed E-state index contributed by atoms with van der Waals surface area (Å²) in [6.45, 7) is 1.23. The molecule has 1 aliphatic rings. The van der Waals surface area contributed by atoms with Gasteiger partial charge in [0, 0.05) is 43.9 Å². The third kappa shape index (κ3) is 4.12. The van der Waals surface area contributed by atoms with E-state index >= 15 is 0 Å². The number of aromatic nitrogens is 2. The van der Waals surface area contributed by atoms with E-state index in [0.29, 0.717) is 30.1 Å². The van der Waals surface area contributed by atoms with Crippen molar-refractivity contribution in [1.82, 2.24) is 14.9 Å². The zero-order valence-corrected chi connectivity index (χ0v) is 13.9. The van der Waals surface area contributed by atoms with Gasteiger partial charge in [-0.3, -0.25) is 9.78 Å². The van der Waals surface area contributed by atoms with Crippen LogP contribution in [0.2, 0.25) is 0 Å². The first kappa shape index (κ1) is 16.9. The van der Waals surface area contributed by atoms with Crippen LogP contribution in [0.15, 0.2) is 42.9 Å². The van der Waals surface area contributed by atoms with E-state index in [1.807, 2.05) is 0 Å². The van der Waals surface area contributed by atoms with Gasteiger partial charge in [-0.05, 0) is 24.3 Å². The molecule has 0 bridgehead atoms. The number of carbonyl (C=O) groups is 2. The summed E-state index contributed by atoms with van der Waals surface area (Å²) in [5.41, 5.74) is 0.982. The van der Waals surface area contributed by atoms with Crippen molar-refractivity contribution in [2.75, 3.05) is 20.2 Å². The molecule has 0 N–H and O–H groups in total. The Labute approximate surface area is 145 Å². The van der Waals surface area contributed by atoms with E-state index in [9.17, 15) is 9.59 Å². The van der Waals surface area contributed by atoms with E-state index in [1.165, 1.54) is 7.11 Å². The molecule has 3 rings (SSSR count). The summed E-state index contributed by atoms with van der Waals surface area (Å²) < 4.78 is 10.4. The molecular formula is C18H19N3O4. The minimum absolute atomic E-state index is 0.0300. The van der Waals surface area contributed by atoms with Crippen molar-refractivity contribution in [2.24, 2.45) is 0 Å². The lowest BCUT2D eigenvalue weighted by atomic mass is 10.1. The zero-order valence-electron chi connectivity index (χ0n) is 13.9. The Morgan fingerprint density at radius 2 is 1.76 bits per heavy atom. The summed E-state index contributed by atoms with van der Waals surface area (Å²) in [4.78, 5) is 33.9. The minimum Gasteiger partial charge on any atom is -0.473 e. The molecule has 7 heteroatoms. The molecule has 0 atom stereocenters. The quantitative estimate of drug-likeness (QED) is 0.791. The van der Waals surface area contributed by atoms with Crippen LogP contribution in [0, 0.1) is 0 Å². The Kier molecular flexibility index (Phi) is 5.23. The Balaban J connectivity index is 1.55. The fraction of sp³-hybridized carbons (Fsp3) is 0.333. The number of amides is 1. The molecule has 1 amide bonds. The first-order valence-corrected chi connectivity index (χ1v) is 8.07. The lowest BCUT2D eigenvalue weighted by Gasteiger charge is -2.32. The number of likely N-dealkylation sites (tertiary alicyclic amines) is 1. The largest absolute Gasteiger partial charge is 0.473 e. The molecule has 1 aliphatic heterocycles. The number of nitrogens with zero attached hydrogens (tertiary/aromatic N) is 3. The number of methoxy groups -OCH3 is 1. The first-order chi connectivity index (χ1) is 12.2. The van der Waals surface area contributed by atoms with Crippen LogP contribution in [0.1, 0.15) is 33.6 Å². The predicted molar refractivity (Wildman–Crippen MR) is 89.4 cm³/mol. The average molecular weight is 341 g/mol. The van der Waals surface area contributed by atoms with Gasteiger partial charge < -0.3 is 14.4 Å². The Hall–Kier alpha value is -2.96. The molecule has 1 aromatic carbocycles. The van der Waals surface area contributed by atoms with E-state index in [-0.39, 0.29) is 12.0 Å². The highest BCUT2D eigenvalue weighted by atomic mass is 16.5. The van der Waals surface area contributed by atoms with Crippen molar-refractivity contribution in [3.63, 3.8) is 0 Å². The van der Waals surface area contributed by atoms with Crippen molar-refractivity contribution in [3.8, 4) is 5.88 Å². The van der Waals surface area contributed by atoms with E-state index in [4.69, 9.17) is 4.74 Å². The van der Waals surface area contributed by atoms with Crippen molar-refractivity contribution >= 4 is 11.9 Å². The molecule has 0 saturated carbocycles. The molecule has 2 heterocycles. The third-order valence-corrected chi connectivity index (χ3v) is 4.11. The van der Waals surface area contributed by atoms with Gasteiger partial charge >= 0.3 is 5.97 Å². The van der Waals surface area contributed by atoms with Crippen LogP contribution in [0.3, 0.4) is 0 Å². The molecule has 1 saturated heterocycles. The van der Waals surface area contributed by atoms with Gasteiger partial charge in [0.15, 0.2) is 0 Å². The van der Waals surface area contributed by atoms with E-state index in [2.05, 4.69) is 14.7 Å². The Bertz CT molecular complexity index is 726. The number of carbonyl (C=O) groups excluding carboxylic acids is 2. The average Bonchev–Trinajstić information content (AvgIpc) is 2.68. The third-order valence-electron chi connectivity index (χ3n) is 4.11. The first-order valence-electron chi connectivity index (χ1n) is 8.07. The van der Waals surface area contributed by atoms with Crippen LogP contribution in [0.25, 0.3) is 0 Å². The van der Waals surface area contributed by atoms with Gasteiger partial charge in [-0.2, -0.15) is 0 Å². The topological polar surface area (TPSA) is 81.6 Å². The van der Waals surface area contributed by atoms with Crippen LogP contribution >= 0.6 is 0 Å². The molecule has 7 nitrogen and oxygen atoms in total. The van der Waals surface area contributed by atoms with Crippen LogP contribution in [0.5, 0.6) is 5.88 Å². The summed E-state index contributed by atoms with van der Waals surface area (Å²) in [6.07, 6.45) is 6.28. The van der Waals surface area contributed by atoms with Crippen molar-refractivity contribution in [3.05, 3.63) is 54.0 Å². The highest BCUT2D eigenvalue weighted by Gasteiger charge is 2.25. The van der Waals surface area contributed by atoms with Gasteiger partial charge in [-0.15, -0.1) is 0 Å². The van der Waals surface area contributed by atoms with Gasteiger partial charge in [-0.25, -0.2) is 9.78 Å². The predicted octanol–water partition coefficient (Wildman–Crippen LogP) is 1.95. The van der Waals surface area contributed by atoms with Crippen molar-refractivity contribution in [2.45, 2.75) is 18.9 Å². The van der Waals surface area contributed by atoms with E-state index in [0.717, 1.165) is 12.8 Å². The molecule has 0 aliphatic carbocycles. The fourth-order valence-corrected chi connectivity index (χ4v) is 2.74. The molecule has 1 aromatic heterocycles. The monoisotopic (exact) mass is 341 g/mol. The number of hydrogen-bond acceptors (Lipinski definition) is 6. The summed E-state index contributed by atoms with van der Waals surface area (Å²) in [5, 5.41) is 0. The normalized spacial score (nSPS) is 14.8. The summed E-state index contributed by atoms with van der Waals surface area (Å²) >= 11 is 0. The van der Waals surface area contributed by atoms with Crippen LogP contribution < -0.4 is 4.74 Å². The summed E-state index contributed by atoms with van der Waals surface area (Å²) in [5.74, 6) is 0.0426. The van der Waals surface area contributed by atoms with Crippen molar-refractivity contribution in [1.29, 1.82) is 0 Å². The van der Waals surface area contributed by atoms with Crippen LogP contribution in [-0.4, -0.2) is 53.0 Å². The zero-order chi connectivity index (χ0) is 17.6. The Morgan fingerprint density at radius 1 is 1.08 bits per heavy atom. The second-order valence-electron chi connectivity index (χ2n) is 5.72. The van der Waals surface area contributed by atoms with Crippen LogP contribution in [-0.2, 0) is 4.74 Å². The SMILES string of the molecule is COC(=O)c1ccc(C(=O)N2CCC(Oc3cnccn3)CC2)cc1. The summed E-state index contributed by atoms with van der Waals surface area (Å²) in [6, 6.07) is 6.50. The van der Waals surface area contributed by atoms with E-state index in [1.54, 1.807) is 47.8 Å². The second-order valence-corrected chi connectivity index (χ2v) is 5.72. The van der Waals surface area contributed by atoms with Crippen molar-refractivity contribution < 1.29 is 19.1 Å². The molecule has 1 fully saturated rings. The van der Waals surface area contributed by atoms with E-state index < -0.39 is 5.97 Å². The maximum Gasteiger partial charge on any atom is 0.337 e. The molecular weight excluding hydrogens is 322 g/mol. The minimum atomic E-state index is -0.416. The van der Waals surface area contributed by atoms with Gasteiger partial charge in [0.1, 0.15) is 6.10 Å². The second kappa shape index (κ2) is 7.74. The highest BCUT2D eigenvalue weighted by molar-refractivity contribution is 5.96. The Morgan fingerprint density at radius 3 is 2.36 bits per heavy atom.